The number of nitrogens with one attached hydrogen (secondary N) is 1. The summed E-state index contributed by atoms with van der Waals surface area (Å²) < 4.78 is 5.49. The van der Waals surface area contributed by atoms with Crippen LogP contribution in [0.25, 0.3) is 0 Å². The van der Waals surface area contributed by atoms with Gasteiger partial charge in [-0.3, -0.25) is 9.59 Å². The minimum Gasteiger partial charge on any atom is -0.466 e. The predicted octanol–water partition coefficient (Wildman–Crippen LogP) is 21.4. The summed E-state index contributed by atoms with van der Waals surface area (Å²) in [5.74, 6) is -0.0235. The first-order valence-electron chi connectivity index (χ1n) is 33.6. The molecule has 0 aromatic heterocycles. The summed E-state index contributed by atoms with van der Waals surface area (Å²) in [4.78, 5) is 24.5. The minimum atomic E-state index is -0.659. The van der Waals surface area contributed by atoms with Gasteiger partial charge in [-0.25, -0.2) is 0 Å². The van der Waals surface area contributed by atoms with Crippen LogP contribution in [-0.4, -0.2) is 47.4 Å². The van der Waals surface area contributed by atoms with Crippen molar-refractivity contribution in [1.82, 2.24) is 5.32 Å². The Morgan fingerprint density at radius 3 is 1.04 bits per heavy atom. The van der Waals surface area contributed by atoms with Gasteiger partial charge in [-0.15, -0.1) is 0 Å². The lowest BCUT2D eigenvalue weighted by molar-refractivity contribution is -0.143. The molecule has 6 heteroatoms. The summed E-state index contributed by atoms with van der Waals surface area (Å²) in [6.07, 6.45) is 79.4. The van der Waals surface area contributed by atoms with E-state index in [1.807, 2.05) is 0 Å². The Morgan fingerprint density at radius 1 is 0.378 bits per heavy atom. The van der Waals surface area contributed by atoms with Crippen molar-refractivity contribution in [3.05, 3.63) is 24.3 Å². The number of amides is 1. The van der Waals surface area contributed by atoms with Crippen molar-refractivity contribution >= 4 is 11.9 Å². The quantitative estimate of drug-likeness (QED) is 0.0320. The molecule has 0 aromatic carbocycles. The summed E-state index contributed by atoms with van der Waals surface area (Å²) >= 11 is 0. The topological polar surface area (TPSA) is 95.9 Å². The van der Waals surface area contributed by atoms with E-state index in [4.69, 9.17) is 4.74 Å². The number of rotatable bonds is 63. The molecule has 6 nitrogen and oxygen atoms in total. The highest BCUT2D eigenvalue weighted by molar-refractivity contribution is 5.76. The van der Waals surface area contributed by atoms with Crippen molar-refractivity contribution in [1.29, 1.82) is 0 Å². The van der Waals surface area contributed by atoms with Crippen LogP contribution in [-0.2, 0) is 14.3 Å². The second-order valence-corrected chi connectivity index (χ2v) is 23.2. The first-order valence-corrected chi connectivity index (χ1v) is 33.6. The number of esters is 1. The molecule has 0 saturated carbocycles. The van der Waals surface area contributed by atoms with Crippen LogP contribution in [0.3, 0.4) is 0 Å². The van der Waals surface area contributed by atoms with Gasteiger partial charge in [0.1, 0.15) is 0 Å². The second kappa shape index (κ2) is 63.9. The molecular weight excluding hydrogens is 911 g/mol. The first-order chi connectivity index (χ1) is 36.5. The van der Waals surface area contributed by atoms with E-state index in [2.05, 4.69) is 43.5 Å². The van der Waals surface area contributed by atoms with Gasteiger partial charge in [-0.05, 0) is 57.8 Å². The molecule has 74 heavy (non-hydrogen) atoms. The van der Waals surface area contributed by atoms with Crippen molar-refractivity contribution in [2.75, 3.05) is 13.2 Å². The standard InChI is InChI=1S/C68H131NO5/c1-3-5-7-9-11-13-15-16-17-35-38-42-46-50-54-58-62-68(73)74-63-59-55-51-47-43-39-36-33-31-29-27-25-23-21-19-18-20-22-24-26-28-30-32-34-37-41-45-49-53-57-61-67(72)69-65(64-70)66(71)60-56-52-48-44-40-14-12-10-8-6-4-2/h13,15,17,35,65-66,70-71H,3-12,14,16,18-34,36-64H2,1-2H3,(H,69,72)/b15-13-,35-17-. The summed E-state index contributed by atoms with van der Waals surface area (Å²) in [6.45, 7) is 4.95. The SMILES string of the molecule is CCCCCC/C=C\C/C=C\CCCCCCCC(=O)OCCCCCCCCCCCCCCCCCCCCCCCCCCCCCCCCC(=O)NC(CO)C(O)CCCCCCCCCCCCC. The van der Waals surface area contributed by atoms with Gasteiger partial charge in [0.15, 0.2) is 0 Å². The molecule has 0 aliphatic rings. The number of unbranched alkanes of at least 4 members (excludes halogenated alkanes) is 48. The monoisotopic (exact) mass is 1040 g/mol. The molecule has 0 heterocycles. The lowest BCUT2D eigenvalue weighted by Crippen LogP contribution is -2.45. The third kappa shape index (κ3) is 59.6. The van der Waals surface area contributed by atoms with Crippen LogP contribution in [0.4, 0.5) is 0 Å². The maximum atomic E-state index is 12.5. The van der Waals surface area contributed by atoms with E-state index in [-0.39, 0.29) is 18.5 Å². The van der Waals surface area contributed by atoms with Gasteiger partial charge < -0.3 is 20.3 Å². The molecule has 2 unspecified atom stereocenters. The highest BCUT2D eigenvalue weighted by Crippen LogP contribution is 2.19. The fourth-order valence-corrected chi connectivity index (χ4v) is 10.6. The average Bonchev–Trinajstić information content (AvgIpc) is 3.40. The Bertz CT molecular complexity index is 1150. The zero-order chi connectivity index (χ0) is 53.6. The van der Waals surface area contributed by atoms with Gasteiger partial charge in [-0.2, -0.15) is 0 Å². The molecular formula is C68H131NO5. The van der Waals surface area contributed by atoms with Gasteiger partial charge in [0.05, 0.1) is 25.4 Å². The summed E-state index contributed by atoms with van der Waals surface area (Å²) in [5, 5.41) is 23.2. The van der Waals surface area contributed by atoms with E-state index in [9.17, 15) is 19.8 Å². The van der Waals surface area contributed by atoms with Crippen LogP contribution in [0.1, 0.15) is 373 Å². The number of aliphatic hydroxyl groups is 2. The number of carbonyl (C=O) groups excluding carboxylic acids is 2. The van der Waals surface area contributed by atoms with E-state index in [0.29, 0.717) is 25.9 Å². The molecule has 3 N–H and O–H groups in total. The van der Waals surface area contributed by atoms with Crippen molar-refractivity contribution < 1.29 is 24.5 Å². The largest absolute Gasteiger partial charge is 0.466 e. The van der Waals surface area contributed by atoms with Crippen molar-refractivity contribution in [3.8, 4) is 0 Å². The number of hydrogen-bond donors (Lipinski definition) is 3. The summed E-state index contributed by atoms with van der Waals surface area (Å²) in [6, 6.07) is -0.537. The molecule has 0 aliphatic heterocycles. The van der Waals surface area contributed by atoms with Gasteiger partial charge in [0.25, 0.3) is 0 Å². The fraction of sp³-hybridized carbons (Fsp3) is 0.912. The summed E-state index contributed by atoms with van der Waals surface area (Å²) in [5.41, 5.74) is 0. The average molecular weight is 1040 g/mol. The van der Waals surface area contributed by atoms with E-state index in [0.717, 1.165) is 51.4 Å². The molecule has 2 atom stereocenters. The molecule has 0 aliphatic carbocycles. The van der Waals surface area contributed by atoms with Gasteiger partial charge >= 0.3 is 5.97 Å². The molecule has 0 rings (SSSR count). The lowest BCUT2D eigenvalue weighted by atomic mass is 10.0. The molecule has 438 valence electrons. The highest BCUT2D eigenvalue weighted by atomic mass is 16.5. The third-order valence-electron chi connectivity index (χ3n) is 15.8. The Balaban J connectivity index is 3.31. The smallest absolute Gasteiger partial charge is 0.305 e. The van der Waals surface area contributed by atoms with E-state index in [1.165, 1.54) is 289 Å². The normalized spacial score (nSPS) is 12.6. The van der Waals surface area contributed by atoms with Gasteiger partial charge in [-0.1, -0.05) is 327 Å². The van der Waals surface area contributed by atoms with Crippen LogP contribution in [0.15, 0.2) is 24.3 Å². The van der Waals surface area contributed by atoms with Crippen LogP contribution >= 0.6 is 0 Å². The maximum absolute atomic E-state index is 12.5. The van der Waals surface area contributed by atoms with Gasteiger partial charge in [0, 0.05) is 12.8 Å². The van der Waals surface area contributed by atoms with Crippen molar-refractivity contribution in [3.63, 3.8) is 0 Å². The predicted molar refractivity (Wildman–Crippen MR) is 324 cm³/mol. The minimum absolute atomic E-state index is 0.00698. The number of aliphatic hydroxyl groups excluding tert-OH is 2. The third-order valence-corrected chi connectivity index (χ3v) is 15.8. The van der Waals surface area contributed by atoms with Crippen molar-refractivity contribution in [2.24, 2.45) is 0 Å². The fourth-order valence-electron chi connectivity index (χ4n) is 10.6. The second-order valence-electron chi connectivity index (χ2n) is 23.2. The van der Waals surface area contributed by atoms with Gasteiger partial charge in [0.2, 0.25) is 5.91 Å². The molecule has 0 saturated heterocycles. The van der Waals surface area contributed by atoms with Crippen LogP contribution in [0, 0.1) is 0 Å². The highest BCUT2D eigenvalue weighted by Gasteiger charge is 2.20. The molecule has 0 aromatic rings. The zero-order valence-electron chi connectivity index (χ0n) is 50.1. The zero-order valence-corrected chi connectivity index (χ0v) is 50.1. The molecule has 0 fully saturated rings. The Morgan fingerprint density at radius 2 is 0.676 bits per heavy atom. The lowest BCUT2D eigenvalue weighted by Gasteiger charge is -2.22. The van der Waals surface area contributed by atoms with Crippen LogP contribution < -0.4 is 5.32 Å². The Hall–Kier alpha value is -1.66. The number of carbonyl (C=O) groups is 2. The molecule has 0 spiro atoms. The number of hydrogen-bond acceptors (Lipinski definition) is 5. The molecule has 0 radical (unpaired) electrons. The van der Waals surface area contributed by atoms with Crippen LogP contribution in [0.5, 0.6) is 0 Å². The Kier molecular flexibility index (Phi) is 62.4. The molecule has 1 amide bonds. The number of ether oxygens (including phenoxy) is 1. The van der Waals surface area contributed by atoms with E-state index in [1.54, 1.807) is 0 Å². The Labute approximate surface area is 462 Å². The van der Waals surface area contributed by atoms with Crippen molar-refractivity contribution in [2.45, 2.75) is 386 Å². The van der Waals surface area contributed by atoms with E-state index >= 15 is 0 Å². The van der Waals surface area contributed by atoms with Crippen LogP contribution in [0.2, 0.25) is 0 Å². The molecule has 0 bridgehead atoms. The van der Waals surface area contributed by atoms with E-state index < -0.39 is 12.1 Å². The maximum Gasteiger partial charge on any atom is 0.305 e. The number of allylic oxidation sites excluding steroid dienone is 4. The summed E-state index contributed by atoms with van der Waals surface area (Å²) in [7, 11) is 0. The first kappa shape index (κ1) is 72.3.